The van der Waals surface area contributed by atoms with Gasteiger partial charge in [0.1, 0.15) is 12.3 Å². The lowest BCUT2D eigenvalue weighted by Gasteiger charge is -2.18. The number of ether oxygens (including phenoxy) is 1. The molecule has 2 heterocycles. The molecule has 1 aliphatic heterocycles. The van der Waals surface area contributed by atoms with Crippen molar-refractivity contribution in [3.05, 3.63) is 42.1 Å². The topological polar surface area (TPSA) is 31.2 Å². The number of carbonyl (C=O) groups is 1. The number of hydrogen-bond donors (Lipinski definition) is 0. The van der Waals surface area contributed by atoms with Crippen molar-refractivity contribution in [1.29, 1.82) is 0 Å². The predicted octanol–water partition coefficient (Wildman–Crippen LogP) is 2.59. The van der Waals surface area contributed by atoms with E-state index in [-0.39, 0.29) is 12.6 Å². The third-order valence-electron chi connectivity index (χ3n) is 2.85. The highest BCUT2D eigenvalue weighted by molar-refractivity contribution is 5.99. The van der Waals surface area contributed by atoms with Gasteiger partial charge in [-0.15, -0.1) is 0 Å². The van der Waals surface area contributed by atoms with Crippen LogP contribution in [0.25, 0.3) is 16.6 Å². The van der Waals surface area contributed by atoms with E-state index in [2.05, 4.69) is 12.6 Å². The normalized spacial score (nSPS) is 15.1. The van der Waals surface area contributed by atoms with Crippen LogP contribution in [0.15, 0.2) is 30.8 Å². The molecule has 80 valence electrons. The molecule has 0 saturated heterocycles. The molecule has 0 amide bonds. The molecule has 1 aromatic carbocycles. The fourth-order valence-electron chi connectivity index (χ4n) is 2.11. The summed E-state index contributed by atoms with van der Waals surface area (Å²) < 4.78 is 6.89. The standard InChI is InChI=1S/C13H11NO2/c1-8-3-4-11-10(5-8)6-12-13(15)16-7-9(2)14(11)12/h3-6H,2,7H2,1H3. The number of rotatable bonds is 0. The second-order valence-electron chi connectivity index (χ2n) is 4.07. The molecule has 0 bridgehead atoms. The van der Waals surface area contributed by atoms with Crippen molar-refractivity contribution in [3.63, 3.8) is 0 Å². The Morgan fingerprint density at radius 1 is 1.38 bits per heavy atom. The van der Waals surface area contributed by atoms with Gasteiger partial charge in [0.05, 0.1) is 11.2 Å². The van der Waals surface area contributed by atoms with E-state index in [1.165, 1.54) is 5.56 Å². The van der Waals surface area contributed by atoms with E-state index in [0.717, 1.165) is 16.6 Å². The maximum absolute atomic E-state index is 11.6. The fraction of sp³-hybridized carbons (Fsp3) is 0.154. The van der Waals surface area contributed by atoms with Crippen molar-refractivity contribution in [2.75, 3.05) is 6.61 Å². The van der Waals surface area contributed by atoms with E-state index in [0.29, 0.717) is 5.69 Å². The average Bonchev–Trinajstić information content (AvgIpc) is 2.63. The molecule has 0 saturated carbocycles. The number of hydrogen-bond acceptors (Lipinski definition) is 2. The zero-order valence-corrected chi connectivity index (χ0v) is 8.99. The molecule has 3 rings (SSSR count). The van der Waals surface area contributed by atoms with Gasteiger partial charge in [-0.3, -0.25) is 0 Å². The monoisotopic (exact) mass is 213 g/mol. The first-order chi connectivity index (χ1) is 7.66. The van der Waals surface area contributed by atoms with Crippen LogP contribution in [-0.2, 0) is 4.74 Å². The molecule has 0 spiro atoms. The Bertz CT molecular complexity index is 622. The van der Waals surface area contributed by atoms with Gasteiger partial charge in [-0.1, -0.05) is 18.2 Å². The van der Waals surface area contributed by atoms with Gasteiger partial charge < -0.3 is 9.30 Å². The minimum Gasteiger partial charge on any atom is -0.455 e. The number of aromatic nitrogens is 1. The average molecular weight is 213 g/mol. The lowest BCUT2D eigenvalue weighted by atomic mass is 10.2. The Kier molecular flexibility index (Phi) is 1.72. The smallest absolute Gasteiger partial charge is 0.355 e. The maximum Gasteiger partial charge on any atom is 0.355 e. The molecule has 0 unspecified atom stereocenters. The minimum absolute atomic E-state index is 0.267. The van der Waals surface area contributed by atoms with E-state index in [9.17, 15) is 4.79 Å². The van der Waals surface area contributed by atoms with Crippen LogP contribution in [0.3, 0.4) is 0 Å². The van der Waals surface area contributed by atoms with Crippen molar-refractivity contribution in [1.82, 2.24) is 4.57 Å². The fourth-order valence-corrected chi connectivity index (χ4v) is 2.11. The summed E-state index contributed by atoms with van der Waals surface area (Å²) in [5, 5.41) is 1.05. The van der Waals surface area contributed by atoms with Crippen LogP contribution in [-0.4, -0.2) is 17.1 Å². The summed E-state index contributed by atoms with van der Waals surface area (Å²) in [5.74, 6) is -0.277. The minimum atomic E-state index is -0.277. The number of carbonyl (C=O) groups excluding carboxylic acids is 1. The summed E-state index contributed by atoms with van der Waals surface area (Å²) in [6.45, 7) is 6.22. The predicted molar refractivity (Wildman–Crippen MR) is 62.3 cm³/mol. The van der Waals surface area contributed by atoms with Gasteiger partial charge >= 0.3 is 5.97 Å². The van der Waals surface area contributed by atoms with Crippen LogP contribution in [0.5, 0.6) is 0 Å². The summed E-state index contributed by atoms with van der Waals surface area (Å²) >= 11 is 0. The van der Waals surface area contributed by atoms with Gasteiger partial charge in [0.25, 0.3) is 0 Å². The molecular weight excluding hydrogens is 202 g/mol. The molecule has 0 fully saturated rings. The van der Waals surface area contributed by atoms with E-state index in [1.807, 2.05) is 29.7 Å². The third-order valence-corrected chi connectivity index (χ3v) is 2.85. The number of aryl methyl sites for hydroxylation is 1. The van der Waals surface area contributed by atoms with Crippen molar-refractivity contribution in [2.24, 2.45) is 0 Å². The lowest BCUT2D eigenvalue weighted by molar-refractivity contribution is 0.0521. The molecule has 0 aliphatic carbocycles. The first-order valence-corrected chi connectivity index (χ1v) is 5.14. The zero-order valence-electron chi connectivity index (χ0n) is 8.99. The Hall–Kier alpha value is -2.03. The van der Waals surface area contributed by atoms with Gasteiger partial charge in [0, 0.05) is 5.39 Å². The van der Waals surface area contributed by atoms with Crippen LogP contribution in [0.2, 0.25) is 0 Å². The summed E-state index contributed by atoms with van der Waals surface area (Å²) in [7, 11) is 0. The summed E-state index contributed by atoms with van der Waals surface area (Å²) in [6, 6.07) is 7.96. The van der Waals surface area contributed by atoms with E-state index in [1.54, 1.807) is 0 Å². The van der Waals surface area contributed by atoms with Gasteiger partial charge in [0.2, 0.25) is 0 Å². The molecule has 0 radical (unpaired) electrons. The van der Waals surface area contributed by atoms with Crippen LogP contribution in [0.4, 0.5) is 0 Å². The van der Waals surface area contributed by atoms with Crippen LogP contribution < -0.4 is 0 Å². The van der Waals surface area contributed by atoms with Gasteiger partial charge in [-0.2, -0.15) is 0 Å². The van der Waals surface area contributed by atoms with Gasteiger partial charge in [-0.05, 0) is 25.1 Å². The first-order valence-electron chi connectivity index (χ1n) is 5.14. The summed E-state index contributed by atoms with van der Waals surface area (Å²) in [5.41, 5.74) is 3.56. The van der Waals surface area contributed by atoms with Crippen LogP contribution >= 0.6 is 0 Å². The molecule has 3 nitrogen and oxygen atoms in total. The highest BCUT2D eigenvalue weighted by Gasteiger charge is 2.23. The Balaban J connectivity index is 2.41. The quantitative estimate of drug-likeness (QED) is 0.630. The van der Waals surface area contributed by atoms with Crippen molar-refractivity contribution >= 4 is 22.6 Å². The molecule has 2 aromatic rings. The number of fused-ring (bicyclic) bond motifs is 3. The largest absolute Gasteiger partial charge is 0.455 e. The SMILES string of the molecule is C=C1COC(=O)c2cc3cc(C)ccc3n21. The highest BCUT2D eigenvalue weighted by Crippen LogP contribution is 2.27. The zero-order chi connectivity index (χ0) is 11.3. The molecule has 0 N–H and O–H groups in total. The van der Waals surface area contributed by atoms with Crippen molar-refractivity contribution in [2.45, 2.75) is 6.92 Å². The Morgan fingerprint density at radius 2 is 2.19 bits per heavy atom. The van der Waals surface area contributed by atoms with Crippen LogP contribution in [0, 0.1) is 6.92 Å². The number of nitrogens with zero attached hydrogens (tertiary/aromatic N) is 1. The van der Waals surface area contributed by atoms with E-state index < -0.39 is 0 Å². The molecule has 1 aliphatic rings. The number of esters is 1. The van der Waals surface area contributed by atoms with E-state index in [4.69, 9.17) is 4.74 Å². The Morgan fingerprint density at radius 3 is 3.00 bits per heavy atom. The number of benzene rings is 1. The van der Waals surface area contributed by atoms with Crippen molar-refractivity contribution in [3.8, 4) is 0 Å². The molecule has 0 atom stereocenters. The van der Waals surface area contributed by atoms with Crippen LogP contribution in [0.1, 0.15) is 16.1 Å². The maximum atomic E-state index is 11.6. The summed E-state index contributed by atoms with van der Waals surface area (Å²) in [4.78, 5) is 11.6. The summed E-state index contributed by atoms with van der Waals surface area (Å²) in [6.07, 6.45) is 0. The molecule has 1 aromatic heterocycles. The first kappa shape index (κ1) is 9.21. The lowest BCUT2D eigenvalue weighted by Crippen LogP contribution is -2.20. The second kappa shape index (κ2) is 2.98. The molecule has 3 heteroatoms. The second-order valence-corrected chi connectivity index (χ2v) is 4.07. The molecule has 16 heavy (non-hydrogen) atoms. The van der Waals surface area contributed by atoms with Gasteiger partial charge in [0.15, 0.2) is 0 Å². The van der Waals surface area contributed by atoms with E-state index >= 15 is 0 Å². The van der Waals surface area contributed by atoms with Gasteiger partial charge in [-0.25, -0.2) is 4.79 Å². The van der Waals surface area contributed by atoms with Crippen molar-refractivity contribution < 1.29 is 9.53 Å². The molecular formula is C13H11NO2. The third kappa shape index (κ3) is 1.11. The Labute approximate surface area is 92.9 Å². The number of cyclic esters (lactones) is 1. The highest BCUT2D eigenvalue weighted by atomic mass is 16.5.